The Bertz CT molecular complexity index is 1340. The number of nitrogens with zero attached hydrogens (tertiary/aromatic N) is 5. The standard InChI is InChI=1S/C19H20F2N8O7S/c1-10-7-11(3-4-16(10)37(34,35)36)24-19-26-17(21)25-18(27-19)23-6-2-5-22-13-8-12(20)14(28(30)31)9-15(13)29(32)33/h3-4,7-9,22,34-36H,2,5-6H2,1H3,(H2,23,24,25,26,27). The molecule has 0 atom stereocenters. The van der Waals surface area contributed by atoms with E-state index in [-0.39, 0.29) is 42.0 Å². The second-order valence-electron chi connectivity index (χ2n) is 7.42. The summed E-state index contributed by atoms with van der Waals surface area (Å²) in [4.78, 5) is 31.0. The molecule has 2 aromatic carbocycles. The lowest BCUT2D eigenvalue weighted by molar-refractivity contribution is -0.395. The van der Waals surface area contributed by atoms with E-state index in [1.165, 1.54) is 25.1 Å². The number of hydrogen-bond donors (Lipinski definition) is 6. The third kappa shape index (κ3) is 7.13. The van der Waals surface area contributed by atoms with Crippen molar-refractivity contribution in [2.24, 2.45) is 0 Å². The number of aromatic nitrogens is 3. The van der Waals surface area contributed by atoms with Gasteiger partial charge in [-0.2, -0.15) is 23.7 Å². The Kier molecular flexibility index (Phi) is 8.28. The van der Waals surface area contributed by atoms with Crippen LogP contribution in [0.5, 0.6) is 0 Å². The smallest absolute Gasteiger partial charge is 0.315 e. The van der Waals surface area contributed by atoms with E-state index in [1.807, 2.05) is 0 Å². The maximum atomic E-state index is 13.9. The van der Waals surface area contributed by atoms with Crippen LogP contribution in [0.3, 0.4) is 0 Å². The van der Waals surface area contributed by atoms with Crippen molar-refractivity contribution in [1.29, 1.82) is 0 Å². The van der Waals surface area contributed by atoms with E-state index in [2.05, 4.69) is 30.9 Å². The van der Waals surface area contributed by atoms with E-state index in [1.54, 1.807) is 0 Å². The van der Waals surface area contributed by atoms with Gasteiger partial charge in [-0.25, -0.2) is 0 Å². The first-order chi connectivity index (χ1) is 17.3. The zero-order valence-corrected chi connectivity index (χ0v) is 19.7. The van der Waals surface area contributed by atoms with Gasteiger partial charge in [0.15, 0.2) is 0 Å². The van der Waals surface area contributed by atoms with Crippen molar-refractivity contribution in [3.63, 3.8) is 0 Å². The molecular formula is C19H20F2N8O7S. The van der Waals surface area contributed by atoms with Gasteiger partial charge < -0.3 is 29.6 Å². The van der Waals surface area contributed by atoms with Gasteiger partial charge in [0.05, 0.1) is 20.8 Å². The summed E-state index contributed by atoms with van der Waals surface area (Å²) in [5.74, 6) is -1.54. The van der Waals surface area contributed by atoms with Gasteiger partial charge in [0.1, 0.15) is 16.6 Å². The summed E-state index contributed by atoms with van der Waals surface area (Å²) in [5.41, 5.74) is -1.21. The fourth-order valence-electron chi connectivity index (χ4n) is 3.14. The van der Waals surface area contributed by atoms with Gasteiger partial charge in [0.25, 0.3) is 5.69 Å². The monoisotopic (exact) mass is 542 g/mol. The first-order valence-corrected chi connectivity index (χ1v) is 11.8. The largest absolute Gasteiger partial charge is 0.379 e. The average molecular weight is 542 g/mol. The molecule has 0 aliphatic rings. The number of nitrogens with one attached hydrogen (secondary N) is 3. The molecule has 0 aliphatic heterocycles. The molecule has 37 heavy (non-hydrogen) atoms. The van der Waals surface area contributed by atoms with Crippen molar-refractivity contribution in [3.8, 4) is 0 Å². The molecule has 3 rings (SSSR count). The fourth-order valence-corrected chi connectivity index (χ4v) is 3.89. The van der Waals surface area contributed by atoms with E-state index in [9.17, 15) is 42.7 Å². The molecule has 15 nitrogen and oxygen atoms in total. The number of nitro groups is 2. The molecule has 0 radical (unpaired) electrons. The van der Waals surface area contributed by atoms with E-state index in [0.29, 0.717) is 23.4 Å². The fraction of sp³-hybridized carbons (Fsp3) is 0.211. The summed E-state index contributed by atoms with van der Waals surface area (Å²) in [6, 6.07) is 5.33. The number of halogens is 2. The number of nitro benzene ring substituents is 2. The second kappa shape index (κ2) is 11.2. The Morgan fingerprint density at radius 1 is 0.919 bits per heavy atom. The van der Waals surface area contributed by atoms with E-state index in [0.717, 1.165) is 0 Å². The summed E-state index contributed by atoms with van der Waals surface area (Å²) in [6.07, 6.45) is -0.826. The van der Waals surface area contributed by atoms with Crippen LogP contribution in [0, 0.1) is 39.0 Å². The molecule has 3 aromatic rings. The summed E-state index contributed by atoms with van der Waals surface area (Å²) in [5, 5.41) is 30.1. The summed E-state index contributed by atoms with van der Waals surface area (Å²) in [6.45, 7) is 1.76. The van der Waals surface area contributed by atoms with Crippen molar-refractivity contribution < 1.29 is 32.3 Å². The summed E-state index contributed by atoms with van der Waals surface area (Å²) in [7, 11) is -3.91. The minimum Gasteiger partial charge on any atom is -0.379 e. The third-order valence-electron chi connectivity index (χ3n) is 4.74. The van der Waals surface area contributed by atoms with Gasteiger partial charge in [0, 0.05) is 24.8 Å². The SMILES string of the molecule is Cc1cc(Nc2nc(F)nc(NCCCNc3cc(F)c([N+](=O)[O-])cc3[N+](=O)[O-])n2)ccc1S(O)(O)O. The molecule has 198 valence electrons. The molecular weight excluding hydrogens is 522 g/mol. The first kappa shape index (κ1) is 27.3. The van der Waals surface area contributed by atoms with Gasteiger partial charge in [-0.15, -0.1) is 0 Å². The van der Waals surface area contributed by atoms with Crippen molar-refractivity contribution in [2.75, 3.05) is 29.0 Å². The Morgan fingerprint density at radius 3 is 2.19 bits per heavy atom. The van der Waals surface area contributed by atoms with Crippen LogP contribution in [0.4, 0.5) is 43.4 Å². The highest BCUT2D eigenvalue weighted by Gasteiger charge is 2.24. The first-order valence-electron chi connectivity index (χ1n) is 10.2. The van der Waals surface area contributed by atoms with Crippen molar-refractivity contribution in [1.82, 2.24) is 15.0 Å². The van der Waals surface area contributed by atoms with Gasteiger partial charge in [-0.05, 0) is 37.1 Å². The van der Waals surface area contributed by atoms with Crippen LogP contribution >= 0.6 is 10.9 Å². The van der Waals surface area contributed by atoms with Crippen LogP contribution < -0.4 is 16.0 Å². The Labute approximate surface area is 208 Å². The molecule has 1 heterocycles. The van der Waals surface area contributed by atoms with Gasteiger partial charge in [0.2, 0.25) is 17.7 Å². The second-order valence-corrected chi connectivity index (χ2v) is 8.90. The Balaban J connectivity index is 1.60. The normalized spacial score (nSPS) is 11.6. The average Bonchev–Trinajstić information content (AvgIpc) is 2.77. The van der Waals surface area contributed by atoms with Crippen molar-refractivity contribution in [2.45, 2.75) is 18.2 Å². The molecule has 0 saturated carbocycles. The lowest BCUT2D eigenvalue weighted by atomic mass is 10.2. The predicted molar refractivity (Wildman–Crippen MR) is 129 cm³/mol. The number of benzene rings is 2. The molecule has 0 unspecified atom stereocenters. The highest BCUT2D eigenvalue weighted by atomic mass is 32.3. The van der Waals surface area contributed by atoms with E-state index >= 15 is 0 Å². The van der Waals surface area contributed by atoms with Crippen LogP contribution in [0.2, 0.25) is 0 Å². The highest BCUT2D eigenvalue weighted by molar-refractivity contribution is 8.19. The number of rotatable bonds is 11. The van der Waals surface area contributed by atoms with Crippen molar-refractivity contribution in [3.05, 3.63) is 68.0 Å². The van der Waals surface area contributed by atoms with Crippen LogP contribution in [0.25, 0.3) is 0 Å². The highest BCUT2D eigenvalue weighted by Crippen LogP contribution is 2.45. The summed E-state index contributed by atoms with van der Waals surface area (Å²) >= 11 is 0. The minimum absolute atomic E-state index is 0.0716. The van der Waals surface area contributed by atoms with Crippen LogP contribution in [-0.4, -0.2) is 51.5 Å². The quantitative estimate of drug-likeness (QED) is 0.112. The van der Waals surface area contributed by atoms with Gasteiger partial charge >= 0.3 is 11.8 Å². The molecule has 0 fully saturated rings. The maximum Gasteiger partial charge on any atom is 0.315 e. The molecule has 0 aliphatic carbocycles. The van der Waals surface area contributed by atoms with Crippen LogP contribution in [0.1, 0.15) is 12.0 Å². The molecule has 18 heteroatoms. The third-order valence-corrected chi connectivity index (χ3v) is 5.79. The van der Waals surface area contributed by atoms with Gasteiger partial charge in [-0.1, -0.05) is 0 Å². The molecule has 6 N–H and O–H groups in total. The topological polar surface area (TPSA) is 222 Å². The number of hydrogen-bond acceptors (Lipinski definition) is 13. The molecule has 0 amide bonds. The number of anilines is 4. The van der Waals surface area contributed by atoms with Gasteiger partial charge in [-0.3, -0.25) is 20.2 Å². The summed E-state index contributed by atoms with van der Waals surface area (Å²) < 4.78 is 55.9. The lowest BCUT2D eigenvalue weighted by Gasteiger charge is -2.21. The Hall–Kier alpha value is -4.26. The number of aryl methyl sites for hydroxylation is 1. The predicted octanol–water partition coefficient (Wildman–Crippen LogP) is 4.51. The zero-order chi connectivity index (χ0) is 27.3. The maximum absolute atomic E-state index is 13.9. The molecule has 0 bridgehead atoms. The van der Waals surface area contributed by atoms with E-state index in [4.69, 9.17) is 0 Å². The molecule has 1 aromatic heterocycles. The Morgan fingerprint density at radius 2 is 1.57 bits per heavy atom. The minimum atomic E-state index is -3.91. The molecule has 0 spiro atoms. The van der Waals surface area contributed by atoms with Crippen molar-refractivity contribution >= 4 is 45.5 Å². The van der Waals surface area contributed by atoms with E-state index < -0.39 is 44.0 Å². The molecule has 0 saturated heterocycles. The zero-order valence-electron chi connectivity index (χ0n) is 18.9. The van der Waals surface area contributed by atoms with Crippen LogP contribution in [0.15, 0.2) is 35.2 Å². The lowest BCUT2D eigenvalue weighted by Crippen LogP contribution is -2.13. The van der Waals surface area contributed by atoms with Crippen LogP contribution in [-0.2, 0) is 0 Å².